The van der Waals surface area contributed by atoms with Gasteiger partial charge in [-0.25, -0.2) is 0 Å². The van der Waals surface area contributed by atoms with Gasteiger partial charge in [0.25, 0.3) is 0 Å². The zero-order chi connectivity index (χ0) is 22.9. The molecule has 174 valence electrons. The van der Waals surface area contributed by atoms with Crippen LogP contribution in [0, 0.1) is 0 Å². The first kappa shape index (κ1) is 24.4. The van der Waals surface area contributed by atoms with E-state index in [0.29, 0.717) is 33.9 Å². The molecule has 0 amide bonds. The zero-order valence-corrected chi connectivity index (χ0v) is 20.3. The van der Waals surface area contributed by atoms with Crippen LogP contribution in [0.5, 0.6) is 17.2 Å². The molecule has 1 aliphatic rings. The van der Waals surface area contributed by atoms with Gasteiger partial charge < -0.3 is 29.2 Å². The van der Waals surface area contributed by atoms with Crippen molar-refractivity contribution in [2.24, 2.45) is 0 Å². The monoisotopic (exact) mass is 479 g/mol. The topological polar surface area (TPSA) is 55.4 Å². The van der Waals surface area contributed by atoms with Crippen molar-refractivity contribution in [1.82, 2.24) is 9.80 Å². The summed E-state index contributed by atoms with van der Waals surface area (Å²) in [6, 6.07) is 11.3. The van der Waals surface area contributed by atoms with E-state index in [1.807, 2.05) is 30.3 Å². The van der Waals surface area contributed by atoms with E-state index in [2.05, 4.69) is 15.1 Å². The number of nitrogens with one attached hydrogen (secondary N) is 1. The maximum atomic E-state index is 6.19. The van der Waals surface area contributed by atoms with E-state index < -0.39 is 0 Å². The summed E-state index contributed by atoms with van der Waals surface area (Å²) < 4.78 is 21.8. The van der Waals surface area contributed by atoms with Crippen molar-refractivity contribution in [2.75, 3.05) is 66.0 Å². The first-order valence-corrected chi connectivity index (χ1v) is 11.2. The molecule has 1 saturated heterocycles. The van der Waals surface area contributed by atoms with Gasteiger partial charge in [0.05, 0.1) is 40.2 Å². The summed E-state index contributed by atoms with van der Waals surface area (Å²) in [4.78, 5) is 4.51. The molecular weight excluding hydrogens is 450 g/mol. The molecule has 0 radical (unpaired) electrons. The van der Waals surface area contributed by atoms with Gasteiger partial charge in [0.15, 0.2) is 16.6 Å². The van der Waals surface area contributed by atoms with Gasteiger partial charge in [-0.05, 0) is 48.1 Å². The minimum Gasteiger partial charge on any atom is -0.495 e. The van der Waals surface area contributed by atoms with Gasteiger partial charge in [0.2, 0.25) is 0 Å². The Bertz CT molecular complexity index is 909. The molecular formula is C23H30ClN3O4S. The molecule has 0 atom stereocenters. The molecule has 7 nitrogen and oxygen atoms in total. The predicted octanol–water partition coefficient (Wildman–Crippen LogP) is 3.90. The highest BCUT2D eigenvalue weighted by molar-refractivity contribution is 7.80. The fourth-order valence-corrected chi connectivity index (χ4v) is 3.95. The van der Waals surface area contributed by atoms with Gasteiger partial charge >= 0.3 is 0 Å². The molecule has 0 unspecified atom stereocenters. The van der Waals surface area contributed by atoms with Crippen LogP contribution in [0.25, 0.3) is 0 Å². The number of hydrogen-bond acceptors (Lipinski definition) is 6. The maximum absolute atomic E-state index is 6.19. The normalized spacial score (nSPS) is 14.0. The number of benzene rings is 2. The summed E-state index contributed by atoms with van der Waals surface area (Å²) in [7, 11) is 4.89. The molecule has 0 bridgehead atoms. The quantitative estimate of drug-likeness (QED) is 0.543. The second-order valence-corrected chi connectivity index (χ2v) is 8.16. The molecule has 9 heteroatoms. The Morgan fingerprint density at radius 3 is 2.41 bits per heavy atom. The van der Waals surface area contributed by atoms with Crippen molar-refractivity contribution < 1.29 is 18.9 Å². The van der Waals surface area contributed by atoms with Gasteiger partial charge in [0.1, 0.15) is 5.75 Å². The van der Waals surface area contributed by atoms with Crippen molar-refractivity contribution in [3.8, 4) is 17.2 Å². The van der Waals surface area contributed by atoms with E-state index >= 15 is 0 Å². The van der Waals surface area contributed by atoms with Crippen molar-refractivity contribution in [3.63, 3.8) is 0 Å². The lowest BCUT2D eigenvalue weighted by Crippen LogP contribution is -2.44. The zero-order valence-electron chi connectivity index (χ0n) is 18.7. The Hall–Kier alpha value is -2.26. The van der Waals surface area contributed by atoms with Crippen molar-refractivity contribution in [1.29, 1.82) is 0 Å². The largest absolute Gasteiger partial charge is 0.495 e. The predicted molar refractivity (Wildman–Crippen MR) is 131 cm³/mol. The molecule has 1 heterocycles. The Balaban J connectivity index is 1.78. The van der Waals surface area contributed by atoms with Gasteiger partial charge in [-0.3, -0.25) is 4.90 Å². The van der Waals surface area contributed by atoms with Crippen LogP contribution < -0.4 is 19.5 Å². The van der Waals surface area contributed by atoms with E-state index in [1.165, 1.54) is 0 Å². The number of morpholine rings is 1. The number of halogens is 1. The number of thiocarbonyl (C=S) groups is 1. The molecule has 2 aromatic rings. The van der Waals surface area contributed by atoms with Gasteiger partial charge in [-0.1, -0.05) is 17.7 Å². The molecule has 0 aliphatic carbocycles. The van der Waals surface area contributed by atoms with Crippen LogP contribution >= 0.6 is 23.8 Å². The molecule has 0 spiro atoms. The van der Waals surface area contributed by atoms with Gasteiger partial charge in [-0.2, -0.15) is 0 Å². The van der Waals surface area contributed by atoms with Gasteiger partial charge in [0, 0.05) is 37.7 Å². The summed E-state index contributed by atoms with van der Waals surface area (Å²) in [5, 5.41) is 4.51. The minimum absolute atomic E-state index is 0.591. The number of anilines is 1. The lowest BCUT2D eigenvalue weighted by Gasteiger charge is -2.31. The van der Waals surface area contributed by atoms with Crippen molar-refractivity contribution in [3.05, 3.63) is 47.0 Å². The Morgan fingerprint density at radius 1 is 1.03 bits per heavy atom. The Kier molecular flexibility index (Phi) is 9.23. The second kappa shape index (κ2) is 12.1. The lowest BCUT2D eigenvalue weighted by molar-refractivity contribution is 0.0358. The van der Waals surface area contributed by atoms with Crippen LogP contribution in [0.4, 0.5) is 5.69 Å². The molecule has 0 aromatic heterocycles. The summed E-state index contributed by atoms with van der Waals surface area (Å²) in [5.41, 5.74) is 1.79. The van der Waals surface area contributed by atoms with Crippen LogP contribution in [0.15, 0.2) is 36.4 Å². The number of ether oxygens (including phenoxy) is 4. The third-order valence-electron chi connectivity index (χ3n) is 5.30. The molecule has 32 heavy (non-hydrogen) atoms. The summed E-state index contributed by atoms with van der Waals surface area (Å²) in [6.07, 6.45) is 0. The highest BCUT2D eigenvalue weighted by Gasteiger charge is 2.17. The Labute approximate surface area is 200 Å². The third kappa shape index (κ3) is 6.62. The summed E-state index contributed by atoms with van der Waals surface area (Å²) in [6.45, 7) is 5.61. The lowest BCUT2D eigenvalue weighted by atomic mass is 10.2. The number of nitrogens with zero attached hydrogens (tertiary/aromatic N) is 2. The van der Waals surface area contributed by atoms with E-state index in [1.54, 1.807) is 27.4 Å². The molecule has 0 saturated carbocycles. The van der Waals surface area contributed by atoms with Crippen LogP contribution in [0.1, 0.15) is 5.56 Å². The molecule has 1 aliphatic heterocycles. The van der Waals surface area contributed by atoms with E-state index in [0.717, 1.165) is 50.6 Å². The highest BCUT2D eigenvalue weighted by atomic mass is 35.5. The molecule has 2 aromatic carbocycles. The SMILES string of the molecule is COc1ccc(Cl)cc1NC(=S)N(CCN1CCOCC1)Cc1ccc(OC)c(OC)c1. The average molecular weight is 480 g/mol. The fraction of sp³-hybridized carbons (Fsp3) is 0.435. The number of rotatable bonds is 9. The van der Waals surface area contributed by atoms with Crippen LogP contribution in [0.2, 0.25) is 5.02 Å². The van der Waals surface area contributed by atoms with Gasteiger partial charge in [-0.15, -0.1) is 0 Å². The van der Waals surface area contributed by atoms with Crippen LogP contribution in [-0.4, -0.2) is 75.6 Å². The molecule has 3 rings (SSSR count). The second-order valence-electron chi connectivity index (χ2n) is 7.34. The number of hydrogen-bond donors (Lipinski definition) is 1. The summed E-state index contributed by atoms with van der Waals surface area (Å²) in [5.74, 6) is 2.06. The molecule has 1 fully saturated rings. The van der Waals surface area contributed by atoms with Crippen LogP contribution in [-0.2, 0) is 11.3 Å². The first-order valence-electron chi connectivity index (χ1n) is 10.4. The summed E-state index contributed by atoms with van der Waals surface area (Å²) >= 11 is 12.0. The fourth-order valence-electron chi connectivity index (χ4n) is 3.51. The maximum Gasteiger partial charge on any atom is 0.173 e. The smallest absolute Gasteiger partial charge is 0.173 e. The van der Waals surface area contributed by atoms with E-state index in [9.17, 15) is 0 Å². The van der Waals surface area contributed by atoms with Crippen LogP contribution in [0.3, 0.4) is 0 Å². The van der Waals surface area contributed by atoms with Crippen molar-refractivity contribution >= 4 is 34.6 Å². The number of methoxy groups -OCH3 is 3. The minimum atomic E-state index is 0.591. The van der Waals surface area contributed by atoms with Crippen molar-refractivity contribution in [2.45, 2.75) is 6.54 Å². The average Bonchev–Trinajstić information content (AvgIpc) is 2.82. The first-order chi connectivity index (χ1) is 15.5. The Morgan fingerprint density at radius 2 is 1.72 bits per heavy atom. The van der Waals surface area contributed by atoms with E-state index in [4.69, 9.17) is 42.8 Å². The highest BCUT2D eigenvalue weighted by Crippen LogP contribution is 2.30. The van der Waals surface area contributed by atoms with E-state index in [-0.39, 0.29) is 0 Å². The third-order valence-corrected chi connectivity index (χ3v) is 5.90. The standard InChI is InChI=1S/C23H30ClN3O4S/c1-28-20-7-5-18(24)15-19(20)25-23(32)27(9-8-26-10-12-31-13-11-26)16-17-4-6-21(29-2)22(14-17)30-3/h4-7,14-15H,8-13,16H2,1-3H3,(H,25,32). The molecule has 1 N–H and O–H groups in total.